The Kier molecular flexibility index (Phi) is 6.58. The first-order valence-corrected chi connectivity index (χ1v) is 16.6. The average molecular weight is 571 g/mol. The van der Waals surface area contributed by atoms with Crippen LogP contribution in [0.1, 0.15) is 97.3 Å². The van der Waals surface area contributed by atoms with E-state index in [-0.39, 0.29) is 34.6 Å². The van der Waals surface area contributed by atoms with Gasteiger partial charge in [-0.1, -0.05) is 13.8 Å². The van der Waals surface area contributed by atoms with Crippen LogP contribution >= 0.6 is 24.4 Å². The minimum absolute atomic E-state index is 0.00189. The van der Waals surface area contributed by atoms with Gasteiger partial charge in [-0.05, 0) is 154 Å². The summed E-state index contributed by atoms with van der Waals surface area (Å²) in [5.41, 5.74) is -0.161. The zero-order chi connectivity index (χ0) is 27.1. The van der Waals surface area contributed by atoms with E-state index in [0.717, 1.165) is 29.6 Å². The highest BCUT2D eigenvalue weighted by molar-refractivity contribution is 7.80. The van der Waals surface area contributed by atoms with Crippen LogP contribution in [0.15, 0.2) is 0 Å². The SMILES string of the molecule is CC1(C)[C@H](CC(=O)NC(=S)NC2C3CC4CC(C3)CC2C4)C[C@H]1C(=O)NC(=S)NC12CC3CC(CC(C3)C1)C2. The summed E-state index contributed by atoms with van der Waals surface area (Å²) < 4.78 is 0. The highest BCUT2D eigenvalue weighted by Crippen LogP contribution is 2.56. The lowest BCUT2D eigenvalue weighted by molar-refractivity contribution is -0.143. The third kappa shape index (κ3) is 4.93. The van der Waals surface area contributed by atoms with Crippen molar-refractivity contribution in [2.24, 2.45) is 58.7 Å². The van der Waals surface area contributed by atoms with E-state index in [2.05, 4.69) is 35.1 Å². The Morgan fingerprint density at radius 1 is 0.718 bits per heavy atom. The summed E-state index contributed by atoms with van der Waals surface area (Å²) in [4.78, 5) is 26.1. The molecule has 214 valence electrons. The van der Waals surface area contributed by atoms with Gasteiger partial charge in [-0.2, -0.15) is 0 Å². The number of amides is 2. The van der Waals surface area contributed by atoms with Gasteiger partial charge in [0.15, 0.2) is 10.2 Å². The Hall–Kier alpha value is -1.28. The molecule has 39 heavy (non-hydrogen) atoms. The summed E-state index contributed by atoms with van der Waals surface area (Å²) in [7, 11) is 0. The van der Waals surface area contributed by atoms with Crippen molar-refractivity contribution in [1.29, 1.82) is 0 Å². The molecule has 9 aliphatic carbocycles. The minimum atomic E-state index is -0.256. The number of hydrogen-bond donors (Lipinski definition) is 4. The summed E-state index contributed by atoms with van der Waals surface area (Å²) in [6, 6.07) is 0.426. The Balaban J connectivity index is 0.868. The zero-order valence-corrected chi connectivity index (χ0v) is 25.2. The number of thiocarbonyl (C=S) groups is 2. The molecule has 8 bridgehead atoms. The molecule has 0 unspecified atom stereocenters. The van der Waals surface area contributed by atoms with E-state index in [1.165, 1.54) is 70.6 Å². The van der Waals surface area contributed by atoms with Crippen LogP contribution < -0.4 is 21.3 Å². The van der Waals surface area contributed by atoms with Crippen LogP contribution in [0.25, 0.3) is 0 Å². The highest BCUT2D eigenvalue weighted by atomic mass is 32.1. The van der Waals surface area contributed by atoms with Gasteiger partial charge in [0, 0.05) is 23.9 Å². The lowest BCUT2D eigenvalue weighted by Crippen LogP contribution is -2.63. The van der Waals surface area contributed by atoms with E-state index in [9.17, 15) is 9.59 Å². The molecule has 0 radical (unpaired) electrons. The lowest BCUT2D eigenvalue weighted by atomic mass is 9.53. The number of rotatable bonds is 5. The van der Waals surface area contributed by atoms with Gasteiger partial charge >= 0.3 is 0 Å². The zero-order valence-electron chi connectivity index (χ0n) is 23.6. The molecule has 0 spiro atoms. The van der Waals surface area contributed by atoms with Gasteiger partial charge in [-0.25, -0.2) is 0 Å². The Labute approximate surface area is 244 Å². The number of nitrogens with one attached hydrogen (secondary N) is 4. The summed E-state index contributed by atoms with van der Waals surface area (Å²) in [5, 5.41) is 14.2. The molecule has 0 aromatic carbocycles. The van der Waals surface area contributed by atoms with Crippen LogP contribution in [-0.2, 0) is 9.59 Å². The van der Waals surface area contributed by atoms with E-state index >= 15 is 0 Å². The van der Waals surface area contributed by atoms with Crippen molar-refractivity contribution in [1.82, 2.24) is 21.3 Å². The van der Waals surface area contributed by atoms with Crippen LogP contribution in [0.2, 0.25) is 0 Å². The van der Waals surface area contributed by atoms with Gasteiger partial charge in [0.1, 0.15) is 0 Å². The number of carbonyl (C=O) groups is 2. The van der Waals surface area contributed by atoms with Crippen LogP contribution in [0.3, 0.4) is 0 Å². The second-order valence-electron chi connectivity index (χ2n) is 15.6. The molecular weight excluding hydrogens is 525 g/mol. The van der Waals surface area contributed by atoms with E-state index in [1.807, 2.05) is 0 Å². The van der Waals surface area contributed by atoms with Crippen molar-refractivity contribution < 1.29 is 9.59 Å². The average Bonchev–Trinajstić information content (AvgIpc) is 2.82. The summed E-state index contributed by atoms with van der Waals surface area (Å²) in [5.74, 6) is 5.73. The van der Waals surface area contributed by atoms with Crippen molar-refractivity contribution in [3.8, 4) is 0 Å². The monoisotopic (exact) mass is 570 g/mol. The third-order valence-electron chi connectivity index (χ3n) is 12.6. The Morgan fingerprint density at radius 2 is 1.26 bits per heavy atom. The maximum atomic E-state index is 13.2. The van der Waals surface area contributed by atoms with Gasteiger partial charge in [-0.3, -0.25) is 9.59 Å². The molecule has 0 aromatic heterocycles. The molecule has 2 atom stereocenters. The molecule has 4 N–H and O–H groups in total. The molecule has 0 saturated heterocycles. The van der Waals surface area contributed by atoms with Crippen molar-refractivity contribution in [3.05, 3.63) is 0 Å². The Bertz CT molecular complexity index is 1010. The largest absolute Gasteiger partial charge is 0.359 e. The fourth-order valence-electron chi connectivity index (χ4n) is 11.3. The third-order valence-corrected chi connectivity index (χ3v) is 13.1. The molecule has 9 rings (SSSR count). The fourth-order valence-corrected chi connectivity index (χ4v) is 11.9. The highest BCUT2D eigenvalue weighted by Gasteiger charge is 2.54. The van der Waals surface area contributed by atoms with Crippen molar-refractivity contribution >= 4 is 46.5 Å². The van der Waals surface area contributed by atoms with Crippen LogP contribution in [0, 0.1) is 58.7 Å². The van der Waals surface area contributed by atoms with Gasteiger partial charge in [-0.15, -0.1) is 0 Å². The molecule has 8 heteroatoms. The molecule has 0 heterocycles. The second-order valence-corrected chi connectivity index (χ2v) is 16.4. The van der Waals surface area contributed by atoms with E-state index in [0.29, 0.717) is 40.9 Å². The molecule has 9 saturated carbocycles. The summed E-state index contributed by atoms with van der Waals surface area (Å²) in [6.07, 6.45) is 15.6. The molecule has 6 nitrogen and oxygen atoms in total. The van der Waals surface area contributed by atoms with Gasteiger partial charge in [0.05, 0.1) is 0 Å². The maximum absolute atomic E-state index is 13.2. The first-order chi connectivity index (χ1) is 18.5. The van der Waals surface area contributed by atoms with Crippen LogP contribution in [0.5, 0.6) is 0 Å². The van der Waals surface area contributed by atoms with Gasteiger partial charge in [0.2, 0.25) is 11.8 Å². The molecular formula is C31H46N4O2S2. The van der Waals surface area contributed by atoms with Gasteiger partial charge < -0.3 is 21.3 Å². The normalized spacial score (nSPS) is 45.8. The van der Waals surface area contributed by atoms with Crippen molar-refractivity contribution in [2.75, 3.05) is 0 Å². The van der Waals surface area contributed by atoms with E-state index < -0.39 is 0 Å². The minimum Gasteiger partial charge on any atom is -0.359 e. The lowest BCUT2D eigenvalue weighted by Gasteiger charge is -2.57. The smallest absolute Gasteiger partial charge is 0.229 e. The quantitative estimate of drug-likeness (QED) is 0.355. The number of carbonyl (C=O) groups excluding carboxylic acids is 2. The first-order valence-electron chi connectivity index (χ1n) is 15.8. The standard InChI is InChI=1S/C31H46N4O2S2/c1-30(2)23(12-25(36)32-28(38)33-26-21-7-16-3-17(9-21)10-22(26)8-16)11-24(30)27(37)34-29(39)35-31-13-18-4-19(14-31)6-20(5-18)15-31/h16-24,26H,3-15H2,1-2H3,(H2,32,33,36,38)(H2,34,35,37,39)/t16?,17?,18?,19?,20?,21?,22?,23-,24-,26?,31?/m0/s1. The predicted octanol–water partition coefficient (Wildman–Crippen LogP) is 4.81. The second kappa shape index (κ2) is 9.64. The van der Waals surface area contributed by atoms with Crippen LogP contribution in [0.4, 0.5) is 0 Å². The molecule has 2 amide bonds. The fraction of sp³-hybridized carbons (Fsp3) is 0.871. The number of hydrogen-bond acceptors (Lipinski definition) is 4. The topological polar surface area (TPSA) is 82.3 Å². The molecule has 0 aliphatic heterocycles. The van der Waals surface area contributed by atoms with E-state index in [4.69, 9.17) is 24.4 Å². The summed E-state index contributed by atoms with van der Waals surface area (Å²) in [6.45, 7) is 4.22. The van der Waals surface area contributed by atoms with E-state index in [1.54, 1.807) is 0 Å². The maximum Gasteiger partial charge on any atom is 0.229 e. The molecule has 9 aliphatic rings. The Morgan fingerprint density at radius 3 is 1.79 bits per heavy atom. The van der Waals surface area contributed by atoms with Crippen LogP contribution in [-0.4, -0.2) is 33.6 Å². The van der Waals surface area contributed by atoms with Crippen molar-refractivity contribution in [2.45, 2.75) is 109 Å². The van der Waals surface area contributed by atoms with Gasteiger partial charge in [0.25, 0.3) is 0 Å². The van der Waals surface area contributed by atoms with Crippen molar-refractivity contribution in [3.63, 3.8) is 0 Å². The molecule has 9 fully saturated rings. The first kappa shape index (κ1) is 26.6. The molecule has 0 aromatic rings. The predicted molar refractivity (Wildman–Crippen MR) is 159 cm³/mol. The summed E-state index contributed by atoms with van der Waals surface area (Å²) >= 11 is 11.2.